The van der Waals surface area contributed by atoms with Crippen LogP contribution in [0.2, 0.25) is 0 Å². The van der Waals surface area contributed by atoms with Crippen molar-refractivity contribution in [3.63, 3.8) is 0 Å². The molecule has 0 aromatic carbocycles. The highest BCUT2D eigenvalue weighted by Crippen LogP contribution is 2.18. The first-order valence-electron chi connectivity index (χ1n) is 10.5. The predicted octanol–water partition coefficient (Wildman–Crippen LogP) is 2.59. The van der Waals surface area contributed by atoms with Gasteiger partial charge in [0.05, 0.1) is 13.2 Å². The van der Waals surface area contributed by atoms with Gasteiger partial charge in [0.1, 0.15) is 5.82 Å². The van der Waals surface area contributed by atoms with E-state index in [-0.39, 0.29) is 24.0 Å². The lowest BCUT2D eigenvalue weighted by Crippen LogP contribution is -2.49. The molecule has 1 aromatic heterocycles. The average Bonchev–Trinajstić information content (AvgIpc) is 3.24. The van der Waals surface area contributed by atoms with Crippen LogP contribution < -0.4 is 15.5 Å². The van der Waals surface area contributed by atoms with E-state index in [0.717, 1.165) is 83.5 Å². The van der Waals surface area contributed by atoms with Crippen molar-refractivity contribution in [3.05, 3.63) is 23.9 Å². The van der Waals surface area contributed by atoms with E-state index in [4.69, 9.17) is 9.47 Å². The number of pyridine rings is 1. The summed E-state index contributed by atoms with van der Waals surface area (Å²) in [6, 6.07) is 4.70. The van der Waals surface area contributed by atoms with E-state index in [1.54, 1.807) is 0 Å². The molecule has 2 saturated heterocycles. The Morgan fingerprint density at radius 1 is 1.31 bits per heavy atom. The summed E-state index contributed by atoms with van der Waals surface area (Å²) in [7, 11) is 1.83. The summed E-state index contributed by atoms with van der Waals surface area (Å²) < 4.78 is 11.1. The summed E-state index contributed by atoms with van der Waals surface area (Å²) >= 11 is 0. The summed E-state index contributed by atoms with van der Waals surface area (Å²) in [5.41, 5.74) is 1.20. The molecule has 1 aromatic rings. The molecule has 29 heavy (non-hydrogen) atoms. The topological polar surface area (TPSA) is 71.0 Å². The van der Waals surface area contributed by atoms with E-state index >= 15 is 0 Å². The molecule has 2 aliphatic heterocycles. The highest BCUT2D eigenvalue weighted by Gasteiger charge is 2.20. The second-order valence-corrected chi connectivity index (χ2v) is 7.76. The van der Waals surface area contributed by atoms with Crippen LogP contribution in [0.25, 0.3) is 0 Å². The molecule has 0 radical (unpaired) electrons. The van der Waals surface area contributed by atoms with Gasteiger partial charge in [-0.05, 0) is 44.2 Å². The van der Waals surface area contributed by atoms with Crippen LogP contribution in [0.15, 0.2) is 23.3 Å². The lowest BCUT2D eigenvalue weighted by atomic mass is 10.1. The predicted molar refractivity (Wildman–Crippen MR) is 128 cm³/mol. The number of rotatable bonds is 8. The Kier molecular flexibility index (Phi) is 11.0. The summed E-state index contributed by atoms with van der Waals surface area (Å²) in [4.78, 5) is 11.3. The highest BCUT2D eigenvalue weighted by molar-refractivity contribution is 14.0. The van der Waals surface area contributed by atoms with Crippen molar-refractivity contribution in [2.24, 2.45) is 10.9 Å². The zero-order chi connectivity index (χ0) is 19.6. The molecule has 3 heterocycles. The number of piperidine rings is 1. The number of nitrogens with zero attached hydrogens (tertiary/aromatic N) is 3. The molecule has 0 spiro atoms. The van der Waals surface area contributed by atoms with Gasteiger partial charge >= 0.3 is 0 Å². The number of hydrogen-bond acceptors (Lipinski definition) is 5. The lowest BCUT2D eigenvalue weighted by molar-refractivity contribution is 0.0888. The van der Waals surface area contributed by atoms with Crippen LogP contribution in [0.5, 0.6) is 0 Å². The van der Waals surface area contributed by atoms with E-state index in [1.807, 2.05) is 13.2 Å². The first kappa shape index (κ1) is 24.1. The molecule has 0 aliphatic carbocycles. The van der Waals surface area contributed by atoms with Crippen molar-refractivity contribution in [1.29, 1.82) is 0 Å². The molecular formula is C21H36IN5O2. The van der Waals surface area contributed by atoms with Crippen LogP contribution in [0.3, 0.4) is 0 Å². The molecule has 0 saturated carbocycles. The third-order valence-corrected chi connectivity index (χ3v) is 5.41. The zero-order valence-electron chi connectivity index (χ0n) is 17.7. The second-order valence-electron chi connectivity index (χ2n) is 7.76. The zero-order valence-corrected chi connectivity index (χ0v) is 20.1. The third kappa shape index (κ3) is 8.25. The molecule has 8 heteroatoms. The van der Waals surface area contributed by atoms with Gasteiger partial charge in [-0.2, -0.15) is 0 Å². The number of nitrogens with one attached hydrogen (secondary N) is 2. The Morgan fingerprint density at radius 3 is 2.79 bits per heavy atom. The minimum Gasteiger partial charge on any atom is -0.381 e. The molecule has 2 fully saturated rings. The van der Waals surface area contributed by atoms with Crippen molar-refractivity contribution < 1.29 is 9.47 Å². The highest BCUT2D eigenvalue weighted by atomic mass is 127. The number of guanidine groups is 1. The minimum absolute atomic E-state index is 0. The van der Waals surface area contributed by atoms with E-state index in [9.17, 15) is 0 Å². The van der Waals surface area contributed by atoms with Crippen molar-refractivity contribution in [1.82, 2.24) is 15.6 Å². The van der Waals surface area contributed by atoms with Crippen LogP contribution in [-0.2, 0) is 9.47 Å². The van der Waals surface area contributed by atoms with E-state index < -0.39 is 0 Å². The molecule has 164 valence electrons. The number of halogens is 1. The van der Waals surface area contributed by atoms with Gasteiger partial charge < -0.3 is 25.0 Å². The normalized spacial score (nSPS) is 20.4. The number of anilines is 1. The van der Waals surface area contributed by atoms with Gasteiger partial charge in [0.25, 0.3) is 0 Å². The van der Waals surface area contributed by atoms with E-state index in [0.29, 0.717) is 12.0 Å². The monoisotopic (exact) mass is 517 g/mol. The number of aromatic nitrogens is 1. The first-order chi connectivity index (χ1) is 13.7. The number of aliphatic imine (C=N–C) groups is 1. The van der Waals surface area contributed by atoms with Crippen molar-refractivity contribution >= 4 is 35.8 Å². The van der Waals surface area contributed by atoms with Gasteiger partial charge in [-0.3, -0.25) is 4.99 Å². The van der Waals surface area contributed by atoms with Gasteiger partial charge in [-0.1, -0.05) is 6.07 Å². The maximum Gasteiger partial charge on any atom is 0.191 e. The molecule has 1 unspecified atom stereocenters. The molecule has 1 atom stereocenters. The van der Waals surface area contributed by atoms with Gasteiger partial charge in [0.15, 0.2) is 5.96 Å². The van der Waals surface area contributed by atoms with Gasteiger partial charge in [0, 0.05) is 58.1 Å². The molecular weight excluding hydrogens is 481 g/mol. The Balaban J connectivity index is 0.00000300. The molecule has 3 rings (SSSR count). The summed E-state index contributed by atoms with van der Waals surface area (Å²) in [6.45, 7) is 8.32. The van der Waals surface area contributed by atoms with E-state index in [2.05, 4.69) is 44.6 Å². The second kappa shape index (κ2) is 13.2. The fraction of sp³-hybridized carbons (Fsp3) is 0.714. The Morgan fingerprint density at radius 2 is 2.14 bits per heavy atom. The van der Waals surface area contributed by atoms with Crippen LogP contribution in [0, 0.1) is 12.8 Å². The molecule has 2 aliphatic rings. The van der Waals surface area contributed by atoms with Crippen LogP contribution in [0.4, 0.5) is 5.82 Å². The number of hydrogen-bond donors (Lipinski definition) is 2. The molecule has 7 nitrogen and oxygen atoms in total. The molecule has 0 amide bonds. The van der Waals surface area contributed by atoms with Gasteiger partial charge in [0.2, 0.25) is 0 Å². The quantitative estimate of drug-likeness (QED) is 0.239. The van der Waals surface area contributed by atoms with Crippen LogP contribution in [-0.4, -0.2) is 70.1 Å². The Hall–Kier alpha value is -1.13. The summed E-state index contributed by atoms with van der Waals surface area (Å²) in [6.07, 6.45) is 6.22. The third-order valence-electron chi connectivity index (χ3n) is 5.41. The minimum atomic E-state index is 0. The SMILES string of the molecule is CN=C(NCCCOCC1CCOC1)NC1CCN(c2ccc(C)cn2)CC1.I. The van der Waals surface area contributed by atoms with Crippen molar-refractivity contribution in [2.45, 2.75) is 38.6 Å². The summed E-state index contributed by atoms with van der Waals surface area (Å²) in [5, 5.41) is 6.96. The van der Waals surface area contributed by atoms with E-state index in [1.165, 1.54) is 5.56 Å². The smallest absolute Gasteiger partial charge is 0.191 e. The average molecular weight is 517 g/mol. The standard InChI is InChI=1S/C21H35N5O2.HI/c1-17-4-5-20(24-14-17)26-10-6-19(7-11-26)25-21(22-2)23-9-3-12-27-15-18-8-13-28-16-18;/h4-5,14,18-19H,3,6-13,15-16H2,1-2H3,(H2,22,23,25);1H. The molecule has 2 N–H and O–H groups in total. The van der Waals surface area contributed by atoms with Crippen molar-refractivity contribution in [3.8, 4) is 0 Å². The molecule has 0 bridgehead atoms. The first-order valence-corrected chi connectivity index (χ1v) is 10.5. The maximum absolute atomic E-state index is 5.75. The summed E-state index contributed by atoms with van der Waals surface area (Å²) in [5.74, 6) is 2.55. The Labute approximate surface area is 192 Å². The maximum atomic E-state index is 5.75. The fourth-order valence-electron chi connectivity index (χ4n) is 3.63. The van der Waals surface area contributed by atoms with Gasteiger partial charge in [-0.15, -0.1) is 24.0 Å². The van der Waals surface area contributed by atoms with Gasteiger partial charge in [-0.25, -0.2) is 4.98 Å². The fourth-order valence-corrected chi connectivity index (χ4v) is 3.63. The van der Waals surface area contributed by atoms with Crippen molar-refractivity contribution in [2.75, 3.05) is 58.0 Å². The number of ether oxygens (including phenoxy) is 2. The van der Waals surface area contributed by atoms with Crippen LogP contribution >= 0.6 is 24.0 Å². The lowest BCUT2D eigenvalue weighted by Gasteiger charge is -2.33. The largest absolute Gasteiger partial charge is 0.381 e. The Bertz CT molecular complexity index is 600. The number of aryl methyl sites for hydroxylation is 1. The van der Waals surface area contributed by atoms with Crippen LogP contribution in [0.1, 0.15) is 31.2 Å².